The second-order valence-corrected chi connectivity index (χ2v) is 6.21. The van der Waals surface area contributed by atoms with Gasteiger partial charge in [-0.2, -0.15) is 5.10 Å². The molecule has 27 heavy (non-hydrogen) atoms. The molecule has 0 saturated carbocycles. The fourth-order valence-electron chi connectivity index (χ4n) is 2.83. The van der Waals surface area contributed by atoms with E-state index in [-0.39, 0.29) is 11.9 Å². The van der Waals surface area contributed by atoms with Crippen LogP contribution in [0.15, 0.2) is 60.9 Å². The van der Waals surface area contributed by atoms with Crippen molar-refractivity contribution in [3.8, 4) is 11.5 Å². The fourth-order valence-corrected chi connectivity index (χ4v) is 2.83. The van der Waals surface area contributed by atoms with Crippen molar-refractivity contribution in [2.45, 2.75) is 19.5 Å². The number of carbonyl (C=O) groups excluding carboxylic acids is 1. The Morgan fingerprint density at radius 1 is 1.11 bits per heavy atom. The molecule has 1 aromatic heterocycles. The van der Waals surface area contributed by atoms with Gasteiger partial charge in [-0.05, 0) is 48.4 Å². The molecule has 3 rings (SSSR count). The van der Waals surface area contributed by atoms with E-state index in [1.165, 1.54) is 0 Å². The number of aromatic nitrogens is 2. The van der Waals surface area contributed by atoms with E-state index in [0.717, 1.165) is 11.1 Å². The fraction of sp³-hybridized carbons (Fsp3) is 0.238. The van der Waals surface area contributed by atoms with Gasteiger partial charge in [-0.3, -0.25) is 9.48 Å². The van der Waals surface area contributed by atoms with Crippen molar-refractivity contribution in [2.24, 2.45) is 0 Å². The highest BCUT2D eigenvalue weighted by Crippen LogP contribution is 2.29. The molecular formula is C21H23N3O3. The number of benzene rings is 2. The maximum atomic E-state index is 12.5. The summed E-state index contributed by atoms with van der Waals surface area (Å²) < 4.78 is 12.4. The Morgan fingerprint density at radius 3 is 2.48 bits per heavy atom. The number of hydrogen-bond donors (Lipinski definition) is 1. The molecule has 0 aliphatic rings. The lowest BCUT2D eigenvalue weighted by Gasteiger charge is -2.16. The van der Waals surface area contributed by atoms with Gasteiger partial charge in [0.05, 0.1) is 26.8 Å². The molecule has 0 spiro atoms. The molecule has 1 heterocycles. The van der Waals surface area contributed by atoms with E-state index in [1.54, 1.807) is 20.4 Å². The lowest BCUT2D eigenvalue weighted by Crippen LogP contribution is -2.26. The summed E-state index contributed by atoms with van der Waals surface area (Å²) in [6, 6.07) is 14.9. The Labute approximate surface area is 158 Å². The molecule has 0 aliphatic carbocycles. The van der Waals surface area contributed by atoms with Crippen LogP contribution in [0.5, 0.6) is 11.5 Å². The average Bonchev–Trinajstić information content (AvgIpc) is 3.20. The van der Waals surface area contributed by atoms with Gasteiger partial charge in [0, 0.05) is 18.0 Å². The molecule has 140 valence electrons. The maximum absolute atomic E-state index is 12.5. The predicted octanol–water partition coefficient (Wildman–Crippen LogP) is 3.44. The Bertz CT molecular complexity index is 890. The Hall–Kier alpha value is -3.28. The number of methoxy groups -OCH3 is 2. The van der Waals surface area contributed by atoms with Crippen LogP contribution in [0.4, 0.5) is 0 Å². The smallest absolute Gasteiger partial charge is 0.251 e. The monoisotopic (exact) mass is 365 g/mol. The summed E-state index contributed by atoms with van der Waals surface area (Å²) in [4.78, 5) is 12.5. The van der Waals surface area contributed by atoms with Gasteiger partial charge in [-0.25, -0.2) is 0 Å². The minimum atomic E-state index is -0.166. The first-order valence-electron chi connectivity index (χ1n) is 8.70. The van der Waals surface area contributed by atoms with E-state index in [1.807, 2.05) is 66.3 Å². The second kappa shape index (κ2) is 8.40. The van der Waals surface area contributed by atoms with Gasteiger partial charge in [0.1, 0.15) is 0 Å². The maximum Gasteiger partial charge on any atom is 0.251 e. The summed E-state index contributed by atoms with van der Waals surface area (Å²) in [7, 11) is 3.19. The van der Waals surface area contributed by atoms with Crippen LogP contribution < -0.4 is 14.8 Å². The van der Waals surface area contributed by atoms with E-state index in [0.29, 0.717) is 23.6 Å². The van der Waals surface area contributed by atoms with Gasteiger partial charge >= 0.3 is 0 Å². The molecule has 1 amide bonds. The van der Waals surface area contributed by atoms with E-state index < -0.39 is 0 Å². The zero-order chi connectivity index (χ0) is 19.2. The second-order valence-electron chi connectivity index (χ2n) is 6.21. The summed E-state index contributed by atoms with van der Waals surface area (Å²) >= 11 is 0. The lowest BCUT2D eigenvalue weighted by atomic mass is 10.1. The summed E-state index contributed by atoms with van der Waals surface area (Å²) in [5, 5.41) is 7.20. The van der Waals surface area contributed by atoms with Crippen molar-refractivity contribution >= 4 is 5.91 Å². The van der Waals surface area contributed by atoms with Crippen LogP contribution in [-0.2, 0) is 6.54 Å². The molecule has 1 N–H and O–H groups in total. The molecule has 3 aromatic rings. The number of nitrogens with one attached hydrogen (secondary N) is 1. The normalized spacial score (nSPS) is 11.7. The van der Waals surface area contributed by atoms with Crippen molar-refractivity contribution in [3.05, 3.63) is 77.6 Å². The number of nitrogens with zero attached hydrogens (tertiary/aromatic N) is 2. The molecule has 0 saturated heterocycles. The highest BCUT2D eigenvalue weighted by molar-refractivity contribution is 5.94. The van der Waals surface area contributed by atoms with Crippen LogP contribution >= 0.6 is 0 Å². The number of amides is 1. The highest BCUT2D eigenvalue weighted by Gasteiger charge is 2.14. The van der Waals surface area contributed by atoms with E-state index >= 15 is 0 Å². The largest absolute Gasteiger partial charge is 0.493 e. The predicted molar refractivity (Wildman–Crippen MR) is 103 cm³/mol. The van der Waals surface area contributed by atoms with Gasteiger partial charge in [0.25, 0.3) is 5.91 Å². The first-order valence-corrected chi connectivity index (χ1v) is 8.70. The number of carbonyl (C=O) groups is 1. The molecule has 0 aliphatic heterocycles. The Kier molecular flexibility index (Phi) is 5.76. The standard InChI is InChI=1S/C21H23N3O3/c1-15(18-9-10-19(26-2)20(13-18)27-3)23-21(25)17-7-5-16(6-8-17)14-24-12-4-11-22-24/h4-13,15H,14H2,1-3H3,(H,23,25). The summed E-state index contributed by atoms with van der Waals surface area (Å²) in [6.07, 6.45) is 3.66. The lowest BCUT2D eigenvalue weighted by molar-refractivity contribution is 0.0940. The first-order chi connectivity index (χ1) is 13.1. The third-order valence-electron chi connectivity index (χ3n) is 4.38. The molecule has 2 aromatic carbocycles. The Balaban J connectivity index is 1.65. The molecule has 1 unspecified atom stereocenters. The zero-order valence-corrected chi connectivity index (χ0v) is 15.7. The van der Waals surface area contributed by atoms with Crippen molar-refractivity contribution in [3.63, 3.8) is 0 Å². The Morgan fingerprint density at radius 2 is 1.85 bits per heavy atom. The third-order valence-corrected chi connectivity index (χ3v) is 4.38. The van der Waals surface area contributed by atoms with E-state index in [4.69, 9.17) is 9.47 Å². The molecule has 0 fully saturated rings. The van der Waals surface area contributed by atoms with Gasteiger partial charge in [0.2, 0.25) is 0 Å². The molecule has 6 heteroatoms. The molecular weight excluding hydrogens is 342 g/mol. The van der Waals surface area contributed by atoms with Crippen LogP contribution in [0.3, 0.4) is 0 Å². The van der Waals surface area contributed by atoms with Gasteiger partial charge in [0.15, 0.2) is 11.5 Å². The quantitative estimate of drug-likeness (QED) is 0.697. The molecule has 1 atom stereocenters. The topological polar surface area (TPSA) is 65.4 Å². The number of rotatable bonds is 7. The van der Waals surface area contributed by atoms with Crippen molar-refractivity contribution in [1.82, 2.24) is 15.1 Å². The van der Waals surface area contributed by atoms with Crippen LogP contribution in [0.1, 0.15) is 34.5 Å². The minimum absolute atomic E-state index is 0.122. The summed E-state index contributed by atoms with van der Waals surface area (Å²) in [6.45, 7) is 2.61. The van der Waals surface area contributed by atoms with Crippen LogP contribution in [0.25, 0.3) is 0 Å². The first kappa shape index (κ1) is 18.5. The van der Waals surface area contributed by atoms with Crippen molar-refractivity contribution in [1.29, 1.82) is 0 Å². The van der Waals surface area contributed by atoms with Gasteiger partial charge in [-0.1, -0.05) is 18.2 Å². The summed E-state index contributed by atoms with van der Waals surface area (Å²) in [5.41, 5.74) is 2.64. The van der Waals surface area contributed by atoms with Crippen LogP contribution in [-0.4, -0.2) is 29.9 Å². The van der Waals surface area contributed by atoms with Crippen molar-refractivity contribution < 1.29 is 14.3 Å². The van der Waals surface area contributed by atoms with E-state index in [9.17, 15) is 4.79 Å². The number of hydrogen-bond acceptors (Lipinski definition) is 4. The molecule has 0 radical (unpaired) electrons. The minimum Gasteiger partial charge on any atom is -0.493 e. The van der Waals surface area contributed by atoms with Crippen LogP contribution in [0, 0.1) is 0 Å². The molecule has 6 nitrogen and oxygen atoms in total. The van der Waals surface area contributed by atoms with Crippen LogP contribution in [0.2, 0.25) is 0 Å². The summed E-state index contributed by atoms with van der Waals surface area (Å²) in [5.74, 6) is 1.18. The SMILES string of the molecule is COc1ccc(C(C)NC(=O)c2ccc(Cn3cccn3)cc2)cc1OC. The third kappa shape index (κ3) is 4.47. The zero-order valence-electron chi connectivity index (χ0n) is 15.7. The molecule has 0 bridgehead atoms. The highest BCUT2D eigenvalue weighted by atomic mass is 16.5. The average molecular weight is 365 g/mol. The van der Waals surface area contributed by atoms with Gasteiger partial charge in [-0.15, -0.1) is 0 Å². The number of ether oxygens (including phenoxy) is 2. The van der Waals surface area contributed by atoms with E-state index in [2.05, 4.69) is 10.4 Å². The van der Waals surface area contributed by atoms with Crippen molar-refractivity contribution in [2.75, 3.05) is 14.2 Å². The van der Waals surface area contributed by atoms with Gasteiger partial charge < -0.3 is 14.8 Å².